The lowest BCUT2D eigenvalue weighted by Gasteiger charge is -2.37. The second-order valence-electron chi connectivity index (χ2n) is 9.85. The number of fused-ring (bicyclic) bond motifs is 2. The van der Waals surface area contributed by atoms with Gasteiger partial charge in [-0.3, -0.25) is 29.6 Å². The minimum atomic E-state index is -0.718. The van der Waals surface area contributed by atoms with Crippen molar-refractivity contribution in [3.8, 4) is 5.75 Å². The second-order valence-corrected chi connectivity index (χ2v) is 9.85. The minimum Gasteiger partial charge on any atom is -0.492 e. The summed E-state index contributed by atoms with van der Waals surface area (Å²) < 4.78 is 20.3. The molecule has 188 valence electrons. The van der Waals surface area contributed by atoms with Crippen LogP contribution in [-0.2, 0) is 29.1 Å². The van der Waals surface area contributed by atoms with Crippen molar-refractivity contribution in [1.82, 2.24) is 20.1 Å². The Hall–Kier alpha value is -3.53. The van der Waals surface area contributed by atoms with Crippen molar-refractivity contribution < 1.29 is 23.5 Å². The molecule has 1 atom stereocenters. The SMILES string of the molecule is O=C1CCC(N2Cc3c(cc(F)cc3N3CCN(Cc4cc5c(cn4)OCCC5)CC3)C2=O)C(=O)N1. The summed E-state index contributed by atoms with van der Waals surface area (Å²) in [5.74, 6) is -0.739. The van der Waals surface area contributed by atoms with Gasteiger partial charge in [0.05, 0.1) is 18.5 Å². The average Bonchev–Trinajstić information content (AvgIpc) is 3.20. The number of imide groups is 1. The van der Waals surface area contributed by atoms with E-state index >= 15 is 0 Å². The Morgan fingerprint density at radius 3 is 2.72 bits per heavy atom. The number of nitrogens with zero attached hydrogens (tertiary/aromatic N) is 4. The van der Waals surface area contributed by atoms with E-state index in [1.807, 2.05) is 6.20 Å². The molecule has 6 rings (SSSR count). The van der Waals surface area contributed by atoms with Crippen LogP contribution in [-0.4, -0.2) is 71.3 Å². The summed E-state index contributed by atoms with van der Waals surface area (Å²) in [5.41, 5.74) is 3.99. The number of aromatic nitrogens is 1. The number of hydrogen-bond acceptors (Lipinski definition) is 7. The molecule has 0 radical (unpaired) electrons. The number of anilines is 1. The van der Waals surface area contributed by atoms with E-state index in [0.29, 0.717) is 24.3 Å². The number of ether oxygens (including phenoxy) is 1. The first-order valence-electron chi connectivity index (χ1n) is 12.5. The first kappa shape index (κ1) is 22.9. The van der Waals surface area contributed by atoms with Crippen molar-refractivity contribution in [1.29, 1.82) is 0 Å². The number of nitrogens with one attached hydrogen (secondary N) is 1. The third-order valence-electron chi connectivity index (χ3n) is 7.55. The molecule has 1 unspecified atom stereocenters. The van der Waals surface area contributed by atoms with Gasteiger partial charge in [-0.2, -0.15) is 0 Å². The summed E-state index contributed by atoms with van der Waals surface area (Å²) in [7, 11) is 0. The van der Waals surface area contributed by atoms with E-state index < -0.39 is 17.8 Å². The molecule has 2 aromatic rings. The Balaban J connectivity index is 1.15. The predicted molar refractivity (Wildman–Crippen MR) is 128 cm³/mol. The number of amides is 3. The molecule has 36 heavy (non-hydrogen) atoms. The first-order chi connectivity index (χ1) is 17.5. The van der Waals surface area contributed by atoms with Gasteiger partial charge in [-0.15, -0.1) is 0 Å². The van der Waals surface area contributed by atoms with Gasteiger partial charge in [0.25, 0.3) is 5.91 Å². The molecule has 1 aromatic heterocycles. The van der Waals surface area contributed by atoms with E-state index in [1.165, 1.54) is 22.6 Å². The van der Waals surface area contributed by atoms with Crippen molar-refractivity contribution in [2.24, 2.45) is 0 Å². The van der Waals surface area contributed by atoms with E-state index in [1.54, 1.807) is 0 Å². The highest BCUT2D eigenvalue weighted by Crippen LogP contribution is 2.35. The van der Waals surface area contributed by atoms with E-state index in [4.69, 9.17) is 4.74 Å². The van der Waals surface area contributed by atoms with Crippen LogP contribution in [0.25, 0.3) is 0 Å². The molecule has 0 saturated carbocycles. The summed E-state index contributed by atoms with van der Waals surface area (Å²) in [6.07, 6.45) is 4.32. The fourth-order valence-electron chi connectivity index (χ4n) is 5.66. The van der Waals surface area contributed by atoms with Crippen LogP contribution < -0.4 is 15.0 Å². The van der Waals surface area contributed by atoms with Gasteiger partial charge in [0.2, 0.25) is 11.8 Å². The van der Waals surface area contributed by atoms with Gasteiger partial charge in [-0.1, -0.05) is 0 Å². The number of piperidine rings is 1. The zero-order valence-corrected chi connectivity index (χ0v) is 20.0. The smallest absolute Gasteiger partial charge is 0.255 e. The summed E-state index contributed by atoms with van der Waals surface area (Å²) >= 11 is 0. The Morgan fingerprint density at radius 2 is 1.92 bits per heavy atom. The zero-order chi connectivity index (χ0) is 24.8. The molecule has 1 aromatic carbocycles. The second kappa shape index (κ2) is 9.16. The van der Waals surface area contributed by atoms with Crippen molar-refractivity contribution in [2.45, 2.75) is 44.8 Å². The van der Waals surface area contributed by atoms with Gasteiger partial charge in [-0.25, -0.2) is 4.39 Å². The minimum absolute atomic E-state index is 0.186. The van der Waals surface area contributed by atoms with E-state index in [0.717, 1.165) is 56.1 Å². The Labute approximate surface area is 208 Å². The Bertz CT molecular complexity index is 1240. The number of hydrogen-bond donors (Lipinski definition) is 1. The van der Waals surface area contributed by atoms with E-state index in [9.17, 15) is 18.8 Å². The van der Waals surface area contributed by atoms with Crippen LogP contribution in [0, 0.1) is 5.82 Å². The number of halogens is 1. The van der Waals surface area contributed by atoms with E-state index in [2.05, 4.69) is 26.2 Å². The maximum absolute atomic E-state index is 14.6. The lowest BCUT2D eigenvalue weighted by molar-refractivity contribution is -0.136. The lowest BCUT2D eigenvalue weighted by atomic mass is 10.0. The number of carbonyl (C=O) groups excluding carboxylic acids is 3. The highest BCUT2D eigenvalue weighted by atomic mass is 19.1. The number of carbonyl (C=O) groups is 3. The molecule has 4 aliphatic rings. The Kier molecular flexibility index (Phi) is 5.83. The molecular formula is C26H28FN5O4. The van der Waals surface area contributed by atoms with E-state index in [-0.39, 0.29) is 31.2 Å². The van der Waals surface area contributed by atoms with Crippen LogP contribution in [0.5, 0.6) is 5.75 Å². The molecule has 4 aliphatic heterocycles. The molecule has 2 fully saturated rings. The fourth-order valence-corrected chi connectivity index (χ4v) is 5.66. The van der Waals surface area contributed by atoms with Gasteiger partial charge in [0, 0.05) is 62.5 Å². The van der Waals surface area contributed by atoms with Crippen LogP contribution >= 0.6 is 0 Å². The molecule has 0 bridgehead atoms. The monoisotopic (exact) mass is 493 g/mol. The molecule has 9 nitrogen and oxygen atoms in total. The summed E-state index contributed by atoms with van der Waals surface area (Å²) in [6.45, 7) is 4.67. The number of aryl methyl sites for hydroxylation is 1. The molecular weight excluding hydrogens is 465 g/mol. The van der Waals surface area contributed by atoms with Crippen LogP contribution in [0.4, 0.5) is 10.1 Å². The van der Waals surface area contributed by atoms with Crippen LogP contribution in [0.1, 0.15) is 46.4 Å². The number of pyridine rings is 1. The fraction of sp³-hybridized carbons (Fsp3) is 0.462. The average molecular weight is 494 g/mol. The Morgan fingerprint density at radius 1 is 1.08 bits per heavy atom. The molecule has 1 N–H and O–H groups in total. The van der Waals surface area contributed by atoms with Gasteiger partial charge >= 0.3 is 0 Å². The van der Waals surface area contributed by atoms with Gasteiger partial charge < -0.3 is 14.5 Å². The molecule has 0 spiro atoms. The topological polar surface area (TPSA) is 95.1 Å². The lowest BCUT2D eigenvalue weighted by Crippen LogP contribution is -2.52. The van der Waals surface area contributed by atoms with Gasteiger partial charge in [-0.05, 0) is 43.0 Å². The zero-order valence-electron chi connectivity index (χ0n) is 20.0. The summed E-state index contributed by atoms with van der Waals surface area (Å²) in [5, 5.41) is 2.31. The van der Waals surface area contributed by atoms with Crippen LogP contribution in [0.3, 0.4) is 0 Å². The standard InChI is InChI=1S/C26H28FN5O4/c27-17-11-19-20(15-32(26(19)35)21-3-4-24(33)29-25(21)34)22(12-17)31-7-5-30(6-8-31)14-18-10-16-2-1-9-36-23(16)13-28-18/h10-13,21H,1-9,14-15H2,(H,29,33,34). The molecule has 10 heteroatoms. The first-order valence-corrected chi connectivity index (χ1v) is 12.5. The molecule has 0 aliphatic carbocycles. The quantitative estimate of drug-likeness (QED) is 0.647. The summed E-state index contributed by atoms with van der Waals surface area (Å²) in [6, 6.07) is 4.16. The maximum atomic E-state index is 14.6. The van der Waals surface area contributed by atoms with Gasteiger partial charge in [0.15, 0.2) is 0 Å². The number of rotatable bonds is 4. The van der Waals surface area contributed by atoms with Crippen molar-refractivity contribution in [3.05, 3.63) is 52.6 Å². The highest BCUT2D eigenvalue weighted by molar-refractivity contribution is 6.06. The maximum Gasteiger partial charge on any atom is 0.255 e. The highest BCUT2D eigenvalue weighted by Gasteiger charge is 2.41. The van der Waals surface area contributed by atoms with Crippen molar-refractivity contribution >= 4 is 23.4 Å². The van der Waals surface area contributed by atoms with Crippen LogP contribution in [0.2, 0.25) is 0 Å². The summed E-state index contributed by atoms with van der Waals surface area (Å²) in [4.78, 5) is 47.5. The normalized spacial score (nSPS) is 22.2. The molecule has 5 heterocycles. The molecule has 2 saturated heterocycles. The number of benzene rings is 1. The predicted octanol–water partition coefficient (Wildman–Crippen LogP) is 1.63. The molecule has 3 amide bonds. The van der Waals surface area contributed by atoms with Gasteiger partial charge in [0.1, 0.15) is 17.6 Å². The van der Waals surface area contributed by atoms with Crippen LogP contribution in [0.15, 0.2) is 24.4 Å². The van der Waals surface area contributed by atoms with Crippen molar-refractivity contribution in [2.75, 3.05) is 37.7 Å². The third-order valence-corrected chi connectivity index (χ3v) is 7.55. The largest absolute Gasteiger partial charge is 0.492 e. The number of piperazine rings is 1. The third kappa shape index (κ3) is 4.19. The van der Waals surface area contributed by atoms with Crippen molar-refractivity contribution in [3.63, 3.8) is 0 Å².